The second-order valence-corrected chi connectivity index (χ2v) is 3.77. The summed E-state index contributed by atoms with van der Waals surface area (Å²) in [6.45, 7) is 13.9. The van der Waals surface area contributed by atoms with Crippen molar-refractivity contribution in [3.05, 3.63) is 34.6 Å². The van der Waals surface area contributed by atoms with Crippen LogP contribution in [0.15, 0.2) is 12.6 Å². The number of pyridine rings is 1. The maximum absolute atomic E-state index is 6.05. The number of hydrogen-bond acceptors (Lipinski definition) is 1. The van der Waals surface area contributed by atoms with Crippen molar-refractivity contribution in [1.29, 1.82) is 0 Å². The van der Waals surface area contributed by atoms with Crippen LogP contribution in [0.3, 0.4) is 0 Å². The summed E-state index contributed by atoms with van der Waals surface area (Å²) >= 11 is 6.05. The van der Waals surface area contributed by atoms with E-state index in [1.54, 1.807) is 0 Å². The SMILES string of the molecule is C=Cc1cc(C)nc(Cl)c1C(C)C.CC. The van der Waals surface area contributed by atoms with E-state index in [4.69, 9.17) is 11.6 Å². The van der Waals surface area contributed by atoms with Gasteiger partial charge < -0.3 is 0 Å². The molecule has 0 bridgehead atoms. The summed E-state index contributed by atoms with van der Waals surface area (Å²) in [7, 11) is 0. The van der Waals surface area contributed by atoms with Gasteiger partial charge in [0.15, 0.2) is 0 Å². The summed E-state index contributed by atoms with van der Waals surface area (Å²) in [5.41, 5.74) is 3.11. The molecule has 1 rings (SSSR count). The van der Waals surface area contributed by atoms with Crippen molar-refractivity contribution in [1.82, 2.24) is 4.98 Å². The van der Waals surface area contributed by atoms with Gasteiger partial charge in [-0.15, -0.1) is 0 Å². The topological polar surface area (TPSA) is 12.9 Å². The van der Waals surface area contributed by atoms with E-state index in [0.29, 0.717) is 11.1 Å². The highest BCUT2D eigenvalue weighted by Crippen LogP contribution is 2.27. The number of aromatic nitrogens is 1. The first-order chi connectivity index (χ1) is 7.06. The highest BCUT2D eigenvalue weighted by molar-refractivity contribution is 6.30. The molecule has 0 unspecified atom stereocenters. The first kappa shape index (κ1) is 14.2. The average molecular weight is 226 g/mol. The molecule has 0 amide bonds. The lowest BCUT2D eigenvalue weighted by Crippen LogP contribution is -1.97. The van der Waals surface area contributed by atoms with Crippen molar-refractivity contribution in [2.75, 3.05) is 0 Å². The Balaban J connectivity index is 0.000000921. The Labute approximate surface area is 98.2 Å². The van der Waals surface area contributed by atoms with Gasteiger partial charge in [-0.25, -0.2) is 4.98 Å². The number of nitrogens with zero attached hydrogens (tertiary/aromatic N) is 1. The Morgan fingerprint density at radius 1 is 1.40 bits per heavy atom. The van der Waals surface area contributed by atoms with Gasteiger partial charge in [-0.05, 0) is 30.0 Å². The van der Waals surface area contributed by atoms with Crippen LogP contribution < -0.4 is 0 Å². The monoisotopic (exact) mass is 225 g/mol. The molecule has 15 heavy (non-hydrogen) atoms. The van der Waals surface area contributed by atoms with Gasteiger partial charge in [0.1, 0.15) is 5.15 Å². The Morgan fingerprint density at radius 3 is 2.33 bits per heavy atom. The number of aryl methyl sites for hydroxylation is 1. The van der Waals surface area contributed by atoms with E-state index in [1.807, 2.05) is 32.9 Å². The van der Waals surface area contributed by atoms with Gasteiger partial charge in [0.25, 0.3) is 0 Å². The van der Waals surface area contributed by atoms with Gasteiger partial charge in [0.05, 0.1) is 0 Å². The first-order valence-corrected chi connectivity index (χ1v) is 5.73. The largest absolute Gasteiger partial charge is 0.241 e. The van der Waals surface area contributed by atoms with Crippen molar-refractivity contribution in [2.45, 2.75) is 40.5 Å². The minimum absolute atomic E-state index is 0.383. The molecule has 0 N–H and O–H groups in total. The Morgan fingerprint density at radius 2 is 1.93 bits per heavy atom. The lowest BCUT2D eigenvalue weighted by atomic mass is 9.99. The first-order valence-electron chi connectivity index (χ1n) is 5.35. The number of halogens is 1. The van der Waals surface area contributed by atoms with Crippen molar-refractivity contribution in [3.8, 4) is 0 Å². The van der Waals surface area contributed by atoms with Crippen LogP contribution in [-0.2, 0) is 0 Å². The molecule has 0 aromatic carbocycles. The smallest absolute Gasteiger partial charge is 0.133 e. The molecule has 0 radical (unpaired) electrons. The molecule has 0 aliphatic carbocycles. The highest BCUT2D eigenvalue weighted by Gasteiger charge is 2.10. The van der Waals surface area contributed by atoms with E-state index >= 15 is 0 Å². The van der Waals surface area contributed by atoms with Crippen molar-refractivity contribution >= 4 is 17.7 Å². The fourth-order valence-electron chi connectivity index (χ4n) is 1.41. The molecule has 0 fully saturated rings. The molecule has 0 aliphatic rings. The van der Waals surface area contributed by atoms with Crippen LogP contribution in [-0.4, -0.2) is 4.98 Å². The van der Waals surface area contributed by atoms with E-state index in [2.05, 4.69) is 25.4 Å². The zero-order valence-electron chi connectivity index (χ0n) is 10.3. The summed E-state index contributed by atoms with van der Waals surface area (Å²) in [5.74, 6) is 0.383. The van der Waals surface area contributed by atoms with Gasteiger partial charge >= 0.3 is 0 Å². The van der Waals surface area contributed by atoms with Gasteiger partial charge in [-0.3, -0.25) is 0 Å². The molecular formula is C13H20ClN. The molecule has 0 aliphatic heterocycles. The zero-order valence-corrected chi connectivity index (χ0v) is 11.0. The van der Waals surface area contributed by atoms with E-state index in [1.165, 1.54) is 0 Å². The molecule has 1 heterocycles. The quantitative estimate of drug-likeness (QED) is 0.657. The van der Waals surface area contributed by atoms with Crippen LogP contribution in [0.2, 0.25) is 5.15 Å². The van der Waals surface area contributed by atoms with E-state index in [0.717, 1.165) is 16.8 Å². The molecule has 0 spiro atoms. The number of rotatable bonds is 2. The minimum Gasteiger partial charge on any atom is -0.241 e. The van der Waals surface area contributed by atoms with Crippen LogP contribution in [0.5, 0.6) is 0 Å². The Kier molecular flexibility index (Phi) is 6.26. The molecule has 0 atom stereocenters. The molecule has 1 aromatic heterocycles. The predicted molar refractivity (Wildman–Crippen MR) is 69.5 cm³/mol. The lowest BCUT2D eigenvalue weighted by Gasteiger charge is -2.12. The fraction of sp³-hybridized carbons (Fsp3) is 0.462. The predicted octanol–water partition coefficient (Wildman–Crippen LogP) is 4.84. The van der Waals surface area contributed by atoms with Crippen molar-refractivity contribution in [3.63, 3.8) is 0 Å². The van der Waals surface area contributed by atoms with E-state index in [-0.39, 0.29) is 0 Å². The second-order valence-electron chi connectivity index (χ2n) is 3.42. The number of hydrogen-bond donors (Lipinski definition) is 0. The van der Waals surface area contributed by atoms with Crippen LogP contribution in [0, 0.1) is 6.92 Å². The minimum atomic E-state index is 0.383. The third-order valence-electron chi connectivity index (χ3n) is 1.97. The highest BCUT2D eigenvalue weighted by atomic mass is 35.5. The lowest BCUT2D eigenvalue weighted by molar-refractivity contribution is 0.853. The van der Waals surface area contributed by atoms with Gasteiger partial charge in [0, 0.05) is 5.69 Å². The third-order valence-corrected chi connectivity index (χ3v) is 2.26. The molecule has 0 saturated heterocycles. The second kappa shape index (κ2) is 6.62. The maximum atomic E-state index is 6.05. The summed E-state index contributed by atoms with van der Waals surface area (Å²) in [6, 6.07) is 2.01. The van der Waals surface area contributed by atoms with Crippen LogP contribution in [0.1, 0.15) is 50.4 Å². The summed E-state index contributed by atoms with van der Waals surface area (Å²) in [6.07, 6.45) is 1.83. The van der Waals surface area contributed by atoms with Crippen LogP contribution in [0.25, 0.3) is 6.08 Å². The Hall–Kier alpha value is -0.820. The van der Waals surface area contributed by atoms with Gasteiger partial charge in [-0.1, -0.05) is 52.0 Å². The molecule has 2 heteroatoms. The van der Waals surface area contributed by atoms with Crippen LogP contribution >= 0.6 is 11.6 Å². The van der Waals surface area contributed by atoms with Gasteiger partial charge in [0.2, 0.25) is 0 Å². The van der Waals surface area contributed by atoms with Gasteiger partial charge in [-0.2, -0.15) is 0 Å². The average Bonchev–Trinajstić information content (AvgIpc) is 2.18. The summed E-state index contributed by atoms with van der Waals surface area (Å²) in [4.78, 5) is 4.22. The molecule has 0 saturated carbocycles. The molecule has 1 aromatic rings. The third kappa shape index (κ3) is 3.67. The van der Waals surface area contributed by atoms with Crippen LogP contribution in [0.4, 0.5) is 0 Å². The molecule has 1 nitrogen and oxygen atoms in total. The Bertz CT molecular complexity index is 330. The standard InChI is InChI=1S/C11H14ClN.C2H6/c1-5-9-6-8(4)13-11(12)10(9)7(2)3;1-2/h5-7H,1H2,2-4H3;1-2H3. The van der Waals surface area contributed by atoms with E-state index in [9.17, 15) is 0 Å². The normalized spacial score (nSPS) is 9.53. The maximum Gasteiger partial charge on any atom is 0.133 e. The fourth-order valence-corrected chi connectivity index (χ4v) is 1.87. The summed E-state index contributed by atoms with van der Waals surface area (Å²) in [5, 5.41) is 0.602. The van der Waals surface area contributed by atoms with Crippen molar-refractivity contribution < 1.29 is 0 Å². The molecular weight excluding hydrogens is 206 g/mol. The van der Waals surface area contributed by atoms with Crippen molar-refractivity contribution in [2.24, 2.45) is 0 Å². The molecule has 84 valence electrons. The van der Waals surface area contributed by atoms with E-state index < -0.39 is 0 Å². The zero-order chi connectivity index (χ0) is 12.0. The summed E-state index contributed by atoms with van der Waals surface area (Å²) < 4.78 is 0.